The van der Waals surface area contributed by atoms with E-state index in [4.69, 9.17) is 0 Å². The van der Waals surface area contributed by atoms with Gasteiger partial charge in [-0.05, 0) is 62.8 Å². The molecule has 0 radical (unpaired) electrons. The number of aromatic nitrogens is 1. The van der Waals surface area contributed by atoms with Gasteiger partial charge in [-0.1, -0.05) is 24.3 Å². The van der Waals surface area contributed by atoms with Crippen molar-refractivity contribution < 1.29 is 13.2 Å². The molecule has 2 unspecified atom stereocenters. The van der Waals surface area contributed by atoms with E-state index in [0.717, 1.165) is 28.7 Å². The van der Waals surface area contributed by atoms with Crippen molar-refractivity contribution in [2.24, 2.45) is 0 Å². The van der Waals surface area contributed by atoms with Crippen molar-refractivity contribution in [2.75, 3.05) is 18.4 Å². The topological polar surface area (TPSA) is 28.2 Å². The molecule has 6 heteroatoms. The van der Waals surface area contributed by atoms with Crippen molar-refractivity contribution in [1.82, 2.24) is 9.88 Å². The summed E-state index contributed by atoms with van der Waals surface area (Å²) in [6.07, 6.45) is 1.34. The highest BCUT2D eigenvalue weighted by Crippen LogP contribution is 2.49. The van der Waals surface area contributed by atoms with Crippen LogP contribution in [0.25, 0.3) is 5.57 Å². The number of hydrogen-bond donors (Lipinski definition) is 1. The molecule has 2 aromatic rings. The second-order valence-electron chi connectivity index (χ2n) is 8.91. The third-order valence-electron chi connectivity index (χ3n) is 5.99. The van der Waals surface area contributed by atoms with Gasteiger partial charge < -0.3 is 5.32 Å². The first kappa shape index (κ1) is 20.9. The quantitative estimate of drug-likeness (QED) is 0.637. The average molecular weight is 416 g/mol. The zero-order valence-corrected chi connectivity index (χ0v) is 17.9. The molecule has 0 saturated heterocycles. The molecular weight excluding hydrogens is 387 g/mol. The highest BCUT2D eigenvalue weighted by atomic mass is 19.1. The molecule has 0 amide bonds. The Labute approximate surface area is 176 Å². The number of alkyl halides is 1. The maximum Gasteiger partial charge on any atom is 0.222 e. The van der Waals surface area contributed by atoms with Crippen molar-refractivity contribution in [1.29, 1.82) is 0 Å². The van der Waals surface area contributed by atoms with Crippen LogP contribution < -0.4 is 5.32 Å². The SMILES string of the molecule is CCNc1cc(F)c(C2C3=C(CC(C)N2CC(C)(C)F)c2ccccc2C3)c(F)n1. The van der Waals surface area contributed by atoms with Gasteiger partial charge in [-0.3, -0.25) is 4.90 Å². The van der Waals surface area contributed by atoms with Crippen LogP contribution in [-0.4, -0.2) is 34.7 Å². The number of fused-ring (bicyclic) bond motifs is 2. The lowest BCUT2D eigenvalue weighted by Gasteiger charge is -2.44. The minimum absolute atomic E-state index is 0.0674. The Bertz CT molecular complexity index is 970. The maximum absolute atomic E-state index is 15.3. The van der Waals surface area contributed by atoms with Crippen LogP contribution in [0.3, 0.4) is 0 Å². The molecular formula is C24H28F3N3. The Morgan fingerprint density at radius 1 is 1.23 bits per heavy atom. The first-order chi connectivity index (χ1) is 14.2. The number of pyridine rings is 1. The van der Waals surface area contributed by atoms with Crippen LogP contribution in [0.2, 0.25) is 0 Å². The van der Waals surface area contributed by atoms with Gasteiger partial charge in [0, 0.05) is 25.2 Å². The molecule has 2 atom stereocenters. The van der Waals surface area contributed by atoms with Gasteiger partial charge in [0.25, 0.3) is 0 Å². The number of anilines is 1. The summed E-state index contributed by atoms with van der Waals surface area (Å²) in [7, 11) is 0. The molecule has 1 aromatic carbocycles. The highest BCUT2D eigenvalue weighted by molar-refractivity contribution is 5.79. The number of hydrogen-bond acceptors (Lipinski definition) is 3. The van der Waals surface area contributed by atoms with E-state index in [2.05, 4.69) is 22.4 Å². The number of benzene rings is 1. The molecule has 1 aromatic heterocycles. The molecule has 160 valence electrons. The fraction of sp³-hybridized carbons (Fsp3) is 0.458. The standard InChI is InChI=1S/C24H28F3N3/c1-5-28-20-12-19(25)21(23(26)29-20)22-18-11-15-8-6-7-9-16(15)17(18)10-14(2)30(22)13-24(3,4)27/h6-9,12,14,22H,5,10-11,13H2,1-4H3,(H,28,29). The average Bonchev–Trinajstić information content (AvgIpc) is 3.01. The molecule has 1 aliphatic carbocycles. The summed E-state index contributed by atoms with van der Waals surface area (Å²) in [5.41, 5.74) is 2.79. The second-order valence-corrected chi connectivity index (χ2v) is 8.91. The van der Waals surface area contributed by atoms with Gasteiger partial charge >= 0.3 is 0 Å². The smallest absolute Gasteiger partial charge is 0.222 e. The molecule has 3 nitrogen and oxygen atoms in total. The summed E-state index contributed by atoms with van der Waals surface area (Å²) in [5.74, 6) is -1.32. The molecule has 1 N–H and O–H groups in total. The second kappa shape index (κ2) is 7.73. The minimum Gasteiger partial charge on any atom is -0.370 e. The van der Waals surface area contributed by atoms with Crippen molar-refractivity contribution in [3.63, 3.8) is 0 Å². The van der Waals surface area contributed by atoms with Crippen LogP contribution in [-0.2, 0) is 6.42 Å². The molecule has 0 fully saturated rings. The van der Waals surface area contributed by atoms with Crippen LogP contribution in [0.15, 0.2) is 35.9 Å². The Morgan fingerprint density at radius 3 is 2.63 bits per heavy atom. The van der Waals surface area contributed by atoms with E-state index in [0.29, 0.717) is 13.0 Å². The first-order valence-corrected chi connectivity index (χ1v) is 10.5. The van der Waals surface area contributed by atoms with Gasteiger partial charge in [-0.2, -0.15) is 4.39 Å². The predicted octanol–water partition coefficient (Wildman–Crippen LogP) is 5.68. The summed E-state index contributed by atoms with van der Waals surface area (Å²) in [4.78, 5) is 5.86. The zero-order chi connectivity index (χ0) is 21.6. The van der Waals surface area contributed by atoms with E-state index in [1.54, 1.807) is 0 Å². The summed E-state index contributed by atoms with van der Waals surface area (Å²) >= 11 is 0. The van der Waals surface area contributed by atoms with Gasteiger partial charge in [-0.15, -0.1) is 0 Å². The van der Waals surface area contributed by atoms with Gasteiger partial charge in [0.1, 0.15) is 17.3 Å². The number of nitrogens with zero attached hydrogens (tertiary/aromatic N) is 2. The lowest BCUT2D eigenvalue weighted by Crippen LogP contribution is -2.47. The Morgan fingerprint density at radius 2 is 1.97 bits per heavy atom. The Kier molecular flexibility index (Phi) is 5.39. The largest absolute Gasteiger partial charge is 0.370 e. The summed E-state index contributed by atoms with van der Waals surface area (Å²) in [6.45, 7) is 7.44. The summed E-state index contributed by atoms with van der Waals surface area (Å²) in [6, 6.07) is 8.57. The zero-order valence-electron chi connectivity index (χ0n) is 17.9. The third-order valence-corrected chi connectivity index (χ3v) is 5.99. The molecule has 1 aliphatic heterocycles. The van der Waals surface area contributed by atoms with E-state index < -0.39 is 23.5 Å². The van der Waals surface area contributed by atoms with Crippen molar-refractivity contribution in [2.45, 2.75) is 58.3 Å². The van der Waals surface area contributed by atoms with E-state index in [1.807, 2.05) is 30.9 Å². The number of rotatable bonds is 5. The number of nitrogens with one attached hydrogen (secondary N) is 1. The van der Waals surface area contributed by atoms with Crippen molar-refractivity contribution in [3.8, 4) is 0 Å². The van der Waals surface area contributed by atoms with E-state index in [-0.39, 0.29) is 24.0 Å². The third kappa shape index (κ3) is 3.73. The lowest BCUT2D eigenvalue weighted by molar-refractivity contribution is 0.0674. The van der Waals surface area contributed by atoms with Crippen LogP contribution in [0.1, 0.15) is 56.8 Å². The molecule has 0 spiro atoms. The van der Waals surface area contributed by atoms with Crippen LogP contribution in [0, 0.1) is 11.8 Å². The van der Waals surface area contributed by atoms with E-state index in [9.17, 15) is 4.39 Å². The van der Waals surface area contributed by atoms with E-state index >= 15 is 8.78 Å². The Balaban J connectivity index is 1.87. The maximum atomic E-state index is 15.3. The minimum atomic E-state index is -1.50. The number of halogens is 3. The van der Waals surface area contributed by atoms with Crippen LogP contribution in [0.4, 0.5) is 19.0 Å². The van der Waals surface area contributed by atoms with Crippen LogP contribution >= 0.6 is 0 Å². The molecule has 2 heterocycles. The fourth-order valence-electron chi connectivity index (χ4n) is 4.85. The molecule has 4 rings (SSSR count). The molecule has 30 heavy (non-hydrogen) atoms. The predicted molar refractivity (Wildman–Crippen MR) is 114 cm³/mol. The fourth-order valence-corrected chi connectivity index (χ4v) is 4.85. The molecule has 2 aliphatic rings. The lowest BCUT2D eigenvalue weighted by atomic mass is 9.84. The van der Waals surface area contributed by atoms with Crippen molar-refractivity contribution >= 4 is 11.4 Å². The van der Waals surface area contributed by atoms with Crippen LogP contribution in [0.5, 0.6) is 0 Å². The molecule has 0 bridgehead atoms. The van der Waals surface area contributed by atoms with Gasteiger partial charge in [-0.25, -0.2) is 13.8 Å². The van der Waals surface area contributed by atoms with Gasteiger partial charge in [0.05, 0.1) is 11.6 Å². The Hall–Kier alpha value is -2.34. The summed E-state index contributed by atoms with van der Waals surface area (Å²) < 4.78 is 45.2. The van der Waals surface area contributed by atoms with E-state index in [1.165, 1.54) is 19.9 Å². The normalized spacial score (nSPS) is 21.6. The van der Waals surface area contributed by atoms with Gasteiger partial charge in [0.15, 0.2) is 0 Å². The van der Waals surface area contributed by atoms with Gasteiger partial charge in [0.2, 0.25) is 5.95 Å². The first-order valence-electron chi connectivity index (χ1n) is 10.5. The highest BCUT2D eigenvalue weighted by Gasteiger charge is 2.43. The molecule has 0 saturated carbocycles. The summed E-state index contributed by atoms with van der Waals surface area (Å²) in [5, 5.41) is 2.86. The monoisotopic (exact) mass is 415 g/mol. The van der Waals surface area contributed by atoms with Crippen molar-refractivity contribution in [3.05, 3.63) is 64.4 Å².